The van der Waals surface area contributed by atoms with Crippen LogP contribution in [0, 0.1) is 20.8 Å². The number of aryl methyl sites for hydroxylation is 3. The third-order valence-electron chi connectivity index (χ3n) is 4.79. The standard InChI is InChI=1S/C22H22N6O2/c1-13-4-8-16(9-5-13)22-25-18(15(3)30-22)12-28-20(23)19(26-27-28)21(29)24-17-10-6-14(2)7-11-17/h4-11H,12,23H2,1-3H3,(H,24,29). The Morgan fingerprint density at radius 1 is 1.03 bits per heavy atom. The maximum Gasteiger partial charge on any atom is 0.280 e. The monoisotopic (exact) mass is 402 g/mol. The molecular weight excluding hydrogens is 380 g/mol. The molecule has 0 atom stereocenters. The molecule has 2 aromatic heterocycles. The largest absolute Gasteiger partial charge is 0.441 e. The summed E-state index contributed by atoms with van der Waals surface area (Å²) in [6, 6.07) is 15.4. The molecule has 4 aromatic rings. The number of anilines is 2. The molecule has 2 heterocycles. The third-order valence-corrected chi connectivity index (χ3v) is 4.79. The molecule has 2 aromatic carbocycles. The van der Waals surface area contributed by atoms with Gasteiger partial charge >= 0.3 is 0 Å². The molecule has 0 aliphatic heterocycles. The van der Waals surface area contributed by atoms with Crippen LogP contribution in [0.3, 0.4) is 0 Å². The zero-order chi connectivity index (χ0) is 21.3. The maximum absolute atomic E-state index is 12.5. The van der Waals surface area contributed by atoms with Crippen LogP contribution in [-0.2, 0) is 6.54 Å². The molecule has 0 unspecified atom stereocenters. The molecule has 0 fully saturated rings. The molecule has 8 nitrogen and oxygen atoms in total. The van der Waals surface area contributed by atoms with E-state index < -0.39 is 5.91 Å². The topological polar surface area (TPSA) is 112 Å². The van der Waals surface area contributed by atoms with E-state index in [1.165, 1.54) is 4.68 Å². The lowest BCUT2D eigenvalue weighted by Gasteiger charge is -2.04. The number of hydrogen-bond acceptors (Lipinski definition) is 6. The fraction of sp³-hybridized carbons (Fsp3) is 0.182. The van der Waals surface area contributed by atoms with E-state index in [2.05, 4.69) is 20.6 Å². The number of nitrogens with one attached hydrogen (secondary N) is 1. The van der Waals surface area contributed by atoms with Crippen molar-refractivity contribution in [1.82, 2.24) is 20.0 Å². The maximum atomic E-state index is 12.5. The van der Waals surface area contributed by atoms with E-state index in [1.807, 2.05) is 69.3 Å². The molecule has 3 N–H and O–H groups in total. The smallest absolute Gasteiger partial charge is 0.280 e. The minimum Gasteiger partial charge on any atom is -0.441 e. The minimum atomic E-state index is -0.417. The van der Waals surface area contributed by atoms with E-state index in [0.717, 1.165) is 16.7 Å². The molecule has 8 heteroatoms. The lowest BCUT2D eigenvalue weighted by atomic mass is 10.1. The van der Waals surface area contributed by atoms with Crippen molar-refractivity contribution >= 4 is 17.4 Å². The highest BCUT2D eigenvalue weighted by atomic mass is 16.4. The molecule has 30 heavy (non-hydrogen) atoms. The Labute approximate surface area is 173 Å². The van der Waals surface area contributed by atoms with Crippen molar-refractivity contribution in [2.24, 2.45) is 0 Å². The first-order valence-corrected chi connectivity index (χ1v) is 9.51. The van der Waals surface area contributed by atoms with E-state index in [4.69, 9.17) is 10.2 Å². The van der Waals surface area contributed by atoms with Crippen LogP contribution in [0.15, 0.2) is 52.9 Å². The van der Waals surface area contributed by atoms with Crippen LogP contribution in [0.25, 0.3) is 11.5 Å². The van der Waals surface area contributed by atoms with Crippen LogP contribution in [0.1, 0.15) is 33.1 Å². The van der Waals surface area contributed by atoms with Gasteiger partial charge in [-0.25, -0.2) is 9.67 Å². The molecule has 4 rings (SSSR count). The van der Waals surface area contributed by atoms with Gasteiger partial charge in [-0.1, -0.05) is 40.6 Å². The predicted octanol–water partition coefficient (Wildman–Crippen LogP) is 3.74. The Morgan fingerprint density at radius 3 is 2.33 bits per heavy atom. The van der Waals surface area contributed by atoms with Gasteiger partial charge in [0.1, 0.15) is 11.5 Å². The number of hydrogen-bond donors (Lipinski definition) is 2. The highest BCUT2D eigenvalue weighted by Crippen LogP contribution is 2.23. The summed E-state index contributed by atoms with van der Waals surface area (Å²) in [4.78, 5) is 17.1. The van der Waals surface area contributed by atoms with Gasteiger partial charge in [-0.3, -0.25) is 4.79 Å². The van der Waals surface area contributed by atoms with E-state index in [1.54, 1.807) is 0 Å². The number of nitrogens with two attached hydrogens (primary N) is 1. The van der Waals surface area contributed by atoms with Gasteiger partial charge < -0.3 is 15.5 Å². The van der Waals surface area contributed by atoms with Crippen molar-refractivity contribution in [2.45, 2.75) is 27.3 Å². The Balaban J connectivity index is 1.52. The lowest BCUT2D eigenvalue weighted by molar-refractivity contribution is 0.102. The summed E-state index contributed by atoms with van der Waals surface area (Å²) in [5.41, 5.74) is 10.7. The number of nitrogen functional groups attached to an aromatic ring is 1. The summed E-state index contributed by atoms with van der Waals surface area (Å²) < 4.78 is 7.24. The van der Waals surface area contributed by atoms with E-state index >= 15 is 0 Å². The Bertz CT molecular complexity index is 1190. The number of carbonyl (C=O) groups excluding carboxylic acids is 1. The second kappa shape index (κ2) is 7.82. The second-order valence-corrected chi connectivity index (χ2v) is 7.19. The SMILES string of the molecule is Cc1ccc(NC(=O)c2nnn(Cc3nc(-c4ccc(C)cc4)oc3C)c2N)cc1. The zero-order valence-electron chi connectivity index (χ0n) is 17.0. The number of benzene rings is 2. The number of amides is 1. The summed E-state index contributed by atoms with van der Waals surface area (Å²) in [6.45, 7) is 6.08. The Morgan fingerprint density at radius 2 is 1.67 bits per heavy atom. The van der Waals surface area contributed by atoms with E-state index in [-0.39, 0.29) is 18.1 Å². The summed E-state index contributed by atoms with van der Waals surface area (Å²) >= 11 is 0. The van der Waals surface area contributed by atoms with Crippen molar-refractivity contribution < 1.29 is 9.21 Å². The van der Waals surface area contributed by atoms with Crippen LogP contribution in [-0.4, -0.2) is 25.9 Å². The van der Waals surface area contributed by atoms with Gasteiger partial charge in [0.05, 0.1) is 6.54 Å². The Kier molecular flexibility index (Phi) is 5.05. The fourth-order valence-electron chi connectivity index (χ4n) is 2.96. The highest BCUT2D eigenvalue weighted by Gasteiger charge is 2.20. The molecule has 0 saturated heterocycles. The molecule has 0 spiro atoms. The molecular formula is C22H22N6O2. The molecule has 1 amide bonds. The van der Waals surface area contributed by atoms with Crippen molar-refractivity contribution in [3.8, 4) is 11.5 Å². The van der Waals surface area contributed by atoms with Crippen LogP contribution in [0.2, 0.25) is 0 Å². The van der Waals surface area contributed by atoms with Gasteiger partial charge in [0, 0.05) is 11.3 Å². The molecule has 0 aliphatic carbocycles. The normalized spacial score (nSPS) is 10.9. The average Bonchev–Trinajstić information content (AvgIpc) is 3.27. The summed E-state index contributed by atoms with van der Waals surface area (Å²) in [5, 5.41) is 10.7. The highest BCUT2D eigenvalue weighted by molar-refractivity contribution is 6.05. The Hall–Kier alpha value is -3.94. The number of nitrogens with zero attached hydrogens (tertiary/aromatic N) is 4. The first kappa shape index (κ1) is 19.4. The molecule has 0 bridgehead atoms. The van der Waals surface area contributed by atoms with Crippen molar-refractivity contribution in [2.75, 3.05) is 11.1 Å². The van der Waals surface area contributed by atoms with Gasteiger partial charge in [-0.05, 0) is 45.0 Å². The average molecular weight is 402 g/mol. The van der Waals surface area contributed by atoms with Gasteiger partial charge in [0.2, 0.25) is 5.89 Å². The lowest BCUT2D eigenvalue weighted by Crippen LogP contribution is -2.15. The van der Waals surface area contributed by atoms with Gasteiger partial charge in [-0.15, -0.1) is 5.10 Å². The number of aromatic nitrogens is 4. The van der Waals surface area contributed by atoms with E-state index in [0.29, 0.717) is 23.0 Å². The predicted molar refractivity (Wildman–Crippen MR) is 114 cm³/mol. The van der Waals surface area contributed by atoms with Crippen LogP contribution in [0.4, 0.5) is 11.5 Å². The molecule has 0 radical (unpaired) electrons. The third kappa shape index (κ3) is 3.93. The first-order chi connectivity index (χ1) is 14.4. The summed E-state index contributed by atoms with van der Waals surface area (Å²) in [6.07, 6.45) is 0. The molecule has 0 saturated carbocycles. The van der Waals surface area contributed by atoms with E-state index in [9.17, 15) is 4.79 Å². The fourth-order valence-corrected chi connectivity index (χ4v) is 2.96. The number of carbonyl (C=O) groups is 1. The summed E-state index contributed by atoms with van der Waals surface area (Å²) in [5.74, 6) is 0.934. The summed E-state index contributed by atoms with van der Waals surface area (Å²) in [7, 11) is 0. The van der Waals surface area contributed by atoms with Gasteiger partial charge in [-0.2, -0.15) is 0 Å². The molecule has 152 valence electrons. The van der Waals surface area contributed by atoms with Gasteiger partial charge in [0.15, 0.2) is 11.5 Å². The van der Waals surface area contributed by atoms with Crippen molar-refractivity contribution in [3.05, 3.63) is 76.8 Å². The minimum absolute atomic E-state index is 0.0653. The van der Waals surface area contributed by atoms with Crippen LogP contribution in [0.5, 0.6) is 0 Å². The number of oxazole rings is 1. The quantitative estimate of drug-likeness (QED) is 0.526. The van der Waals surface area contributed by atoms with Crippen molar-refractivity contribution in [1.29, 1.82) is 0 Å². The van der Waals surface area contributed by atoms with Crippen molar-refractivity contribution in [3.63, 3.8) is 0 Å². The zero-order valence-corrected chi connectivity index (χ0v) is 17.0. The van der Waals surface area contributed by atoms with Gasteiger partial charge in [0.25, 0.3) is 5.91 Å². The van der Waals surface area contributed by atoms with Crippen LogP contribution < -0.4 is 11.1 Å². The molecule has 0 aliphatic rings. The number of rotatable bonds is 5. The first-order valence-electron chi connectivity index (χ1n) is 9.51. The second-order valence-electron chi connectivity index (χ2n) is 7.19. The van der Waals surface area contributed by atoms with Crippen LogP contribution >= 0.6 is 0 Å².